The molecule has 16 heavy (non-hydrogen) atoms. The summed E-state index contributed by atoms with van der Waals surface area (Å²) in [6.45, 7) is 4.02. The molecule has 1 fully saturated rings. The quantitative estimate of drug-likeness (QED) is 0.730. The molecule has 92 valence electrons. The van der Waals surface area contributed by atoms with Crippen molar-refractivity contribution in [2.75, 3.05) is 26.3 Å². The maximum Gasteiger partial charge on any atom is 0.326 e. The number of carbonyl (C=O) groups is 2. The first-order valence-corrected chi connectivity index (χ1v) is 5.51. The molecule has 1 saturated heterocycles. The Morgan fingerprint density at radius 3 is 2.81 bits per heavy atom. The second-order valence-corrected chi connectivity index (χ2v) is 3.70. The van der Waals surface area contributed by atoms with Crippen LogP contribution in [0, 0.1) is 0 Å². The van der Waals surface area contributed by atoms with Crippen LogP contribution in [0.1, 0.15) is 19.8 Å². The van der Waals surface area contributed by atoms with Crippen LogP contribution < -0.4 is 5.32 Å². The number of carbonyl (C=O) groups excluding carboxylic acids is 1. The molecule has 1 atom stereocenters. The van der Waals surface area contributed by atoms with Crippen LogP contribution in [0.2, 0.25) is 0 Å². The highest BCUT2D eigenvalue weighted by molar-refractivity contribution is 5.82. The molecule has 1 rings (SSSR count). The van der Waals surface area contributed by atoms with Crippen molar-refractivity contribution in [2.24, 2.45) is 0 Å². The highest BCUT2D eigenvalue weighted by atomic mass is 16.5. The summed E-state index contributed by atoms with van der Waals surface area (Å²) in [7, 11) is 0. The Kier molecular flexibility index (Phi) is 5.04. The lowest BCUT2D eigenvalue weighted by molar-refractivity contribution is -0.139. The topological polar surface area (TPSA) is 78.9 Å². The lowest BCUT2D eigenvalue weighted by Crippen LogP contribution is -2.48. The number of amides is 2. The molecule has 0 unspecified atom stereocenters. The summed E-state index contributed by atoms with van der Waals surface area (Å²) in [5.41, 5.74) is 0. The minimum Gasteiger partial charge on any atom is -0.480 e. The zero-order chi connectivity index (χ0) is 12.0. The number of carboxylic acids is 1. The summed E-state index contributed by atoms with van der Waals surface area (Å²) in [6.07, 6.45) is 1.17. The molecule has 0 aromatic heterocycles. The van der Waals surface area contributed by atoms with Crippen molar-refractivity contribution < 1.29 is 19.4 Å². The van der Waals surface area contributed by atoms with E-state index in [9.17, 15) is 9.59 Å². The molecular formula is C10H18N2O4. The standard InChI is InChI=1S/C10H18N2O4/c1-2-8(9(13)14)11-10(15)12-4-3-6-16-7-5-12/h8H,2-7H2,1H3,(H,11,15)(H,13,14)/t8-/m0/s1. The molecule has 0 aromatic rings. The molecule has 1 aliphatic rings. The maximum absolute atomic E-state index is 11.7. The van der Waals surface area contributed by atoms with E-state index in [1.807, 2.05) is 0 Å². The number of hydrogen-bond acceptors (Lipinski definition) is 3. The first-order chi connectivity index (χ1) is 7.65. The smallest absolute Gasteiger partial charge is 0.326 e. The minimum atomic E-state index is -0.998. The number of nitrogens with zero attached hydrogens (tertiary/aromatic N) is 1. The van der Waals surface area contributed by atoms with Gasteiger partial charge in [-0.2, -0.15) is 0 Å². The molecular weight excluding hydrogens is 212 g/mol. The molecule has 0 spiro atoms. The van der Waals surface area contributed by atoms with Gasteiger partial charge < -0.3 is 20.1 Å². The van der Waals surface area contributed by atoms with Gasteiger partial charge in [0.15, 0.2) is 0 Å². The summed E-state index contributed by atoms with van der Waals surface area (Å²) < 4.78 is 5.22. The average Bonchev–Trinajstić information content (AvgIpc) is 2.53. The number of hydrogen-bond donors (Lipinski definition) is 2. The van der Waals surface area contributed by atoms with Gasteiger partial charge in [-0.1, -0.05) is 6.92 Å². The monoisotopic (exact) mass is 230 g/mol. The van der Waals surface area contributed by atoms with Crippen LogP contribution in [-0.4, -0.2) is 54.4 Å². The van der Waals surface area contributed by atoms with Crippen molar-refractivity contribution in [1.29, 1.82) is 0 Å². The summed E-state index contributed by atoms with van der Waals surface area (Å²) in [5, 5.41) is 11.3. The van der Waals surface area contributed by atoms with E-state index >= 15 is 0 Å². The second-order valence-electron chi connectivity index (χ2n) is 3.70. The zero-order valence-corrected chi connectivity index (χ0v) is 9.44. The van der Waals surface area contributed by atoms with Gasteiger partial charge in [0.2, 0.25) is 0 Å². The van der Waals surface area contributed by atoms with E-state index in [2.05, 4.69) is 5.32 Å². The Hall–Kier alpha value is -1.30. The number of urea groups is 1. The van der Waals surface area contributed by atoms with Gasteiger partial charge in [0.1, 0.15) is 6.04 Å². The van der Waals surface area contributed by atoms with E-state index in [0.717, 1.165) is 6.42 Å². The van der Waals surface area contributed by atoms with Gasteiger partial charge >= 0.3 is 12.0 Å². The van der Waals surface area contributed by atoms with Crippen LogP contribution in [0.5, 0.6) is 0 Å². The van der Waals surface area contributed by atoms with Gasteiger partial charge in [-0.05, 0) is 12.8 Å². The molecule has 6 heteroatoms. The highest BCUT2D eigenvalue weighted by Crippen LogP contribution is 2.01. The van der Waals surface area contributed by atoms with Gasteiger partial charge in [0, 0.05) is 19.7 Å². The molecule has 2 amide bonds. The predicted molar refractivity (Wildman–Crippen MR) is 57.3 cm³/mol. The van der Waals surface area contributed by atoms with Crippen molar-refractivity contribution in [3.8, 4) is 0 Å². The number of ether oxygens (including phenoxy) is 1. The fourth-order valence-corrected chi connectivity index (χ4v) is 1.53. The van der Waals surface area contributed by atoms with E-state index in [-0.39, 0.29) is 6.03 Å². The summed E-state index contributed by atoms with van der Waals surface area (Å²) >= 11 is 0. The number of aliphatic carboxylic acids is 1. The molecule has 0 aromatic carbocycles. The first kappa shape index (κ1) is 12.8. The van der Waals surface area contributed by atoms with E-state index in [4.69, 9.17) is 9.84 Å². The number of rotatable bonds is 3. The minimum absolute atomic E-state index is 0.320. The molecule has 1 aliphatic heterocycles. The summed E-state index contributed by atoms with van der Waals surface area (Å²) in [4.78, 5) is 24.1. The van der Waals surface area contributed by atoms with E-state index in [0.29, 0.717) is 32.7 Å². The molecule has 0 bridgehead atoms. The van der Waals surface area contributed by atoms with Crippen LogP contribution in [0.25, 0.3) is 0 Å². The Morgan fingerprint density at radius 1 is 1.44 bits per heavy atom. The van der Waals surface area contributed by atoms with E-state index in [1.165, 1.54) is 0 Å². The molecule has 2 N–H and O–H groups in total. The number of carboxylic acid groups (broad SMARTS) is 1. The summed E-state index contributed by atoms with van der Waals surface area (Å²) in [5.74, 6) is -0.998. The average molecular weight is 230 g/mol. The maximum atomic E-state index is 11.7. The predicted octanol–water partition coefficient (Wildman–Crippen LogP) is 0.281. The zero-order valence-electron chi connectivity index (χ0n) is 9.44. The normalized spacial score (nSPS) is 18.7. The molecule has 0 aliphatic carbocycles. The van der Waals surface area contributed by atoms with Gasteiger partial charge in [0.05, 0.1) is 6.61 Å². The van der Waals surface area contributed by atoms with Crippen LogP contribution in [0.4, 0.5) is 4.79 Å². The third kappa shape index (κ3) is 3.69. The first-order valence-electron chi connectivity index (χ1n) is 5.51. The highest BCUT2D eigenvalue weighted by Gasteiger charge is 2.22. The fraction of sp³-hybridized carbons (Fsp3) is 0.800. The van der Waals surface area contributed by atoms with E-state index < -0.39 is 12.0 Å². The lowest BCUT2D eigenvalue weighted by atomic mass is 10.2. The Labute approximate surface area is 94.6 Å². The molecule has 1 heterocycles. The van der Waals surface area contributed by atoms with Gasteiger partial charge in [-0.15, -0.1) is 0 Å². The van der Waals surface area contributed by atoms with Crippen molar-refractivity contribution in [1.82, 2.24) is 10.2 Å². The second kappa shape index (κ2) is 6.32. The van der Waals surface area contributed by atoms with Crippen molar-refractivity contribution in [3.63, 3.8) is 0 Å². The van der Waals surface area contributed by atoms with Gasteiger partial charge in [-0.3, -0.25) is 0 Å². The lowest BCUT2D eigenvalue weighted by Gasteiger charge is -2.22. The third-order valence-electron chi connectivity index (χ3n) is 2.51. The van der Waals surface area contributed by atoms with Crippen LogP contribution in [0.3, 0.4) is 0 Å². The summed E-state index contributed by atoms with van der Waals surface area (Å²) in [6, 6.07) is -1.13. The third-order valence-corrected chi connectivity index (χ3v) is 2.51. The van der Waals surface area contributed by atoms with Crippen molar-refractivity contribution in [3.05, 3.63) is 0 Å². The SMILES string of the molecule is CC[C@H](NC(=O)N1CCCOCC1)C(=O)O. The number of nitrogens with one attached hydrogen (secondary N) is 1. The Balaban J connectivity index is 2.46. The van der Waals surface area contributed by atoms with E-state index in [1.54, 1.807) is 11.8 Å². The van der Waals surface area contributed by atoms with Gasteiger partial charge in [-0.25, -0.2) is 9.59 Å². The van der Waals surface area contributed by atoms with Gasteiger partial charge in [0.25, 0.3) is 0 Å². The van der Waals surface area contributed by atoms with Crippen LogP contribution in [-0.2, 0) is 9.53 Å². The molecule has 6 nitrogen and oxygen atoms in total. The largest absolute Gasteiger partial charge is 0.480 e. The van der Waals surface area contributed by atoms with Crippen LogP contribution >= 0.6 is 0 Å². The molecule has 0 radical (unpaired) electrons. The van der Waals surface area contributed by atoms with Crippen LogP contribution in [0.15, 0.2) is 0 Å². The Morgan fingerprint density at radius 2 is 2.19 bits per heavy atom. The van der Waals surface area contributed by atoms with Crippen molar-refractivity contribution >= 4 is 12.0 Å². The Bertz CT molecular complexity index is 249. The fourth-order valence-electron chi connectivity index (χ4n) is 1.53. The van der Waals surface area contributed by atoms with Crippen molar-refractivity contribution in [2.45, 2.75) is 25.8 Å². The molecule has 0 saturated carbocycles.